The van der Waals surface area contributed by atoms with Gasteiger partial charge in [-0.1, -0.05) is 36.6 Å². The lowest BCUT2D eigenvalue weighted by Gasteiger charge is -2.26. The Morgan fingerprint density at radius 2 is 1.78 bits per heavy atom. The maximum absolute atomic E-state index is 3.80. The van der Waals surface area contributed by atoms with Crippen molar-refractivity contribution in [2.75, 3.05) is 0 Å². The molecule has 1 unspecified atom stereocenters. The first-order chi connectivity index (χ1) is 8.58. The Balaban J connectivity index is 2.00. The van der Waals surface area contributed by atoms with Crippen LogP contribution in [0.2, 0.25) is 0 Å². The van der Waals surface area contributed by atoms with Crippen molar-refractivity contribution in [3.63, 3.8) is 0 Å². The number of hydrogen-bond acceptors (Lipinski definition) is 1. The molecular weight excluding hydrogens is 218 g/mol. The SMILES string of the molecule is Cc1ccc(C(C)N[C@@H](C)C2CCCC2)c(C)c1. The van der Waals surface area contributed by atoms with Gasteiger partial charge in [0.25, 0.3) is 0 Å². The highest BCUT2D eigenvalue weighted by molar-refractivity contribution is 5.32. The van der Waals surface area contributed by atoms with Crippen molar-refractivity contribution in [2.45, 2.75) is 65.5 Å². The molecule has 18 heavy (non-hydrogen) atoms. The molecule has 1 aliphatic carbocycles. The van der Waals surface area contributed by atoms with E-state index in [0.717, 1.165) is 5.92 Å². The van der Waals surface area contributed by atoms with Crippen LogP contribution >= 0.6 is 0 Å². The summed E-state index contributed by atoms with van der Waals surface area (Å²) in [6.45, 7) is 9.04. The molecule has 1 saturated carbocycles. The molecule has 1 fully saturated rings. The first-order valence-corrected chi connectivity index (χ1v) is 7.41. The van der Waals surface area contributed by atoms with Crippen molar-refractivity contribution in [2.24, 2.45) is 5.92 Å². The lowest BCUT2D eigenvalue weighted by atomic mass is 9.96. The largest absolute Gasteiger partial charge is 0.307 e. The second-order valence-corrected chi connectivity index (χ2v) is 6.08. The minimum atomic E-state index is 0.459. The minimum Gasteiger partial charge on any atom is -0.307 e. The predicted molar refractivity (Wildman–Crippen MR) is 78.9 cm³/mol. The van der Waals surface area contributed by atoms with Crippen LogP contribution in [0.15, 0.2) is 18.2 Å². The van der Waals surface area contributed by atoms with Gasteiger partial charge in [-0.3, -0.25) is 0 Å². The van der Waals surface area contributed by atoms with Gasteiger partial charge in [0.15, 0.2) is 0 Å². The van der Waals surface area contributed by atoms with E-state index in [0.29, 0.717) is 12.1 Å². The fraction of sp³-hybridized carbons (Fsp3) is 0.647. The maximum atomic E-state index is 3.80. The zero-order valence-corrected chi connectivity index (χ0v) is 12.3. The van der Waals surface area contributed by atoms with Gasteiger partial charge in [-0.2, -0.15) is 0 Å². The van der Waals surface area contributed by atoms with Crippen LogP contribution in [0.25, 0.3) is 0 Å². The van der Waals surface area contributed by atoms with Crippen LogP contribution in [0.3, 0.4) is 0 Å². The van der Waals surface area contributed by atoms with Gasteiger partial charge in [-0.25, -0.2) is 0 Å². The van der Waals surface area contributed by atoms with Gasteiger partial charge in [0.1, 0.15) is 0 Å². The normalized spacial score (nSPS) is 20.0. The fourth-order valence-corrected chi connectivity index (χ4v) is 3.39. The van der Waals surface area contributed by atoms with Crippen LogP contribution in [0, 0.1) is 19.8 Å². The van der Waals surface area contributed by atoms with E-state index in [-0.39, 0.29) is 0 Å². The van der Waals surface area contributed by atoms with Crippen molar-refractivity contribution in [3.05, 3.63) is 34.9 Å². The molecule has 0 spiro atoms. The number of benzene rings is 1. The van der Waals surface area contributed by atoms with E-state index < -0.39 is 0 Å². The van der Waals surface area contributed by atoms with Gasteiger partial charge < -0.3 is 5.32 Å². The van der Waals surface area contributed by atoms with Gasteiger partial charge in [0.05, 0.1) is 0 Å². The summed E-state index contributed by atoms with van der Waals surface area (Å²) in [7, 11) is 0. The van der Waals surface area contributed by atoms with Crippen molar-refractivity contribution < 1.29 is 0 Å². The Hall–Kier alpha value is -0.820. The third-order valence-corrected chi connectivity index (χ3v) is 4.51. The lowest BCUT2D eigenvalue weighted by molar-refractivity contribution is 0.352. The summed E-state index contributed by atoms with van der Waals surface area (Å²) in [6.07, 6.45) is 5.67. The number of rotatable bonds is 4. The lowest BCUT2D eigenvalue weighted by Crippen LogP contribution is -2.34. The predicted octanol–water partition coefficient (Wildman–Crippen LogP) is 4.53. The Kier molecular flexibility index (Phi) is 4.45. The van der Waals surface area contributed by atoms with Crippen LogP contribution in [0.4, 0.5) is 0 Å². The van der Waals surface area contributed by atoms with Crippen LogP contribution in [-0.2, 0) is 0 Å². The zero-order chi connectivity index (χ0) is 13.1. The van der Waals surface area contributed by atoms with E-state index in [1.165, 1.54) is 42.4 Å². The standard InChI is InChI=1S/C17H27N/c1-12-9-10-17(13(2)11-12)15(4)18-14(3)16-7-5-6-8-16/h9-11,14-16,18H,5-8H2,1-4H3/t14-,15?/m0/s1. The molecule has 1 aromatic rings. The Labute approximate surface area is 112 Å². The van der Waals surface area contributed by atoms with Crippen molar-refractivity contribution in [1.29, 1.82) is 0 Å². The summed E-state index contributed by atoms with van der Waals surface area (Å²) in [5, 5.41) is 3.80. The average Bonchev–Trinajstić information content (AvgIpc) is 2.81. The van der Waals surface area contributed by atoms with E-state index in [2.05, 4.69) is 51.2 Å². The van der Waals surface area contributed by atoms with Crippen molar-refractivity contribution in [3.8, 4) is 0 Å². The summed E-state index contributed by atoms with van der Waals surface area (Å²) >= 11 is 0. The topological polar surface area (TPSA) is 12.0 Å². The number of hydrogen-bond donors (Lipinski definition) is 1. The van der Waals surface area contributed by atoms with Crippen LogP contribution in [0.5, 0.6) is 0 Å². The monoisotopic (exact) mass is 245 g/mol. The molecule has 1 aromatic carbocycles. The molecule has 100 valence electrons. The molecule has 0 aromatic heterocycles. The van der Waals surface area contributed by atoms with Crippen molar-refractivity contribution in [1.82, 2.24) is 5.32 Å². The van der Waals surface area contributed by atoms with E-state index in [1.54, 1.807) is 0 Å². The first-order valence-electron chi connectivity index (χ1n) is 7.41. The summed E-state index contributed by atoms with van der Waals surface area (Å²) in [6, 6.07) is 7.89. The van der Waals surface area contributed by atoms with Crippen LogP contribution < -0.4 is 5.32 Å². The molecule has 2 atom stereocenters. The molecule has 0 bridgehead atoms. The highest BCUT2D eigenvalue weighted by Gasteiger charge is 2.23. The minimum absolute atomic E-state index is 0.459. The third kappa shape index (κ3) is 3.14. The quantitative estimate of drug-likeness (QED) is 0.821. The summed E-state index contributed by atoms with van der Waals surface area (Å²) in [5.74, 6) is 0.887. The molecule has 1 N–H and O–H groups in total. The first kappa shape index (κ1) is 13.6. The molecule has 1 nitrogen and oxygen atoms in total. The number of aryl methyl sites for hydroxylation is 2. The average molecular weight is 245 g/mol. The third-order valence-electron chi connectivity index (χ3n) is 4.51. The van der Waals surface area contributed by atoms with E-state index in [1.807, 2.05) is 0 Å². The Morgan fingerprint density at radius 1 is 1.11 bits per heavy atom. The molecule has 1 heteroatoms. The summed E-state index contributed by atoms with van der Waals surface area (Å²) in [4.78, 5) is 0. The van der Waals surface area contributed by atoms with E-state index in [4.69, 9.17) is 0 Å². The van der Waals surface area contributed by atoms with Gasteiger partial charge >= 0.3 is 0 Å². The maximum Gasteiger partial charge on any atom is 0.0296 e. The van der Waals surface area contributed by atoms with Crippen LogP contribution in [0.1, 0.15) is 62.3 Å². The second kappa shape index (κ2) is 5.88. The summed E-state index contributed by atoms with van der Waals surface area (Å²) < 4.78 is 0. The molecule has 0 radical (unpaired) electrons. The zero-order valence-electron chi connectivity index (χ0n) is 12.3. The van der Waals surface area contributed by atoms with Gasteiger partial charge in [-0.05, 0) is 57.6 Å². The molecule has 0 heterocycles. The van der Waals surface area contributed by atoms with Crippen molar-refractivity contribution >= 4 is 0 Å². The summed E-state index contributed by atoms with van der Waals surface area (Å²) in [5.41, 5.74) is 4.21. The molecule has 0 aliphatic heterocycles. The molecule has 0 amide bonds. The Bertz CT molecular complexity index is 391. The van der Waals surface area contributed by atoms with Crippen LogP contribution in [-0.4, -0.2) is 6.04 Å². The second-order valence-electron chi connectivity index (χ2n) is 6.08. The van der Waals surface area contributed by atoms with E-state index >= 15 is 0 Å². The highest BCUT2D eigenvalue weighted by Crippen LogP contribution is 2.29. The molecule has 0 saturated heterocycles. The smallest absolute Gasteiger partial charge is 0.0296 e. The molecule has 2 rings (SSSR count). The fourth-order valence-electron chi connectivity index (χ4n) is 3.39. The molecular formula is C17H27N. The number of nitrogens with one attached hydrogen (secondary N) is 1. The molecule has 1 aliphatic rings. The highest BCUT2D eigenvalue weighted by atomic mass is 14.9. The van der Waals surface area contributed by atoms with Gasteiger partial charge in [0.2, 0.25) is 0 Å². The van der Waals surface area contributed by atoms with E-state index in [9.17, 15) is 0 Å². The van der Waals surface area contributed by atoms with Gasteiger partial charge in [0, 0.05) is 12.1 Å². The van der Waals surface area contributed by atoms with Gasteiger partial charge in [-0.15, -0.1) is 0 Å². The Morgan fingerprint density at radius 3 is 2.39 bits per heavy atom.